The Kier molecular flexibility index (Phi) is 7.95. The topological polar surface area (TPSA) is 97.0 Å². The van der Waals surface area contributed by atoms with E-state index < -0.39 is 11.8 Å². The minimum absolute atomic E-state index is 0.0199. The van der Waals surface area contributed by atoms with Crippen LogP contribution in [-0.4, -0.2) is 36.6 Å². The summed E-state index contributed by atoms with van der Waals surface area (Å²) in [4.78, 5) is 39.4. The van der Waals surface area contributed by atoms with Crippen molar-refractivity contribution in [1.82, 2.24) is 5.32 Å². The largest absolute Gasteiger partial charge is 0.493 e. The number of hydrogen-bond acceptors (Lipinski definition) is 6. The van der Waals surface area contributed by atoms with Crippen LogP contribution in [-0.2, 0) is 20.8 Å². The van der Waals surface area contributed by atoms with Gasteiger partial charge in [0.15, 0.2) is 23.2 Å². The second-order valence-electron chi connectivity index (χ2n) is 8.09. The monoisotopic (exact) mass is 515 g/mol. The normalized spacial score (nSPS) is 14.4. The predicted molar refractivity (Wildman–Crippen MR) is 146 cm³/mol. The molecule has 0 aromatic heterocycles. The Morgan fingerprint density at radius 2 is 1.76 bits per heavy atom. The molecule has 4 rings (SSSR count). The van der Waals surface area contributed by atoms with Crippen molar-refractivity contribution in [1.29, 1.82) is 0 Å². The van der Waals surface area contributed by atoms with Crippen LogP contribution in [0.4, 0.5) is 11.4 Å². The van der Waals surface area contributed by atoms with Crippen LogP contribution in [0.1, 0.15) is 18.1 Å². The molecular weight excluding hydrogens is 490 g/mol. The molecule has 0 bridgehead atoms. The molecule has 1 aliphatic rings. The molecular formula is C28H25N3O5S. The van der Waals surface area contributed by atoms with Crippen molar-refractivity contribution in [2.45, 2.75) is 13.3 Å². The quantitative estimate of drug-likeness (QED) is 0.266. The Morgan fingerprint density at radius 1 is 1.03 bits per heavy atom. The van der Waals surface area contributed by atoms with Crippen molar-refractivity contribution in [2.75, 3.05) is 23.9 Å². The lowest BCUT2D eigenvalue weighted by Gasteiger charge is -2.29. The highest BCUT2D eigenvalue weighted by atomic mass is 32.1. The van der Waals surface area contributed by atoms with E-state index in [-0.39, 0.29) is 23.2 Å². The first-order valence-corrected chi connectivity index (χ1v) is 12.0. The second-order valence-corrected chi connectivity index (χ2v) is 8.48. The van der Waals surface area contributed by atoms with Crippen molar-refractivity contribution < 1.29 is 23.9 Å². The summed E-state index contributed by atoms with van der Waals surface area (Å²) >= 11 is 5.27. The summed E-state index contributed by atoms with van der Waals surface area (Å²) in [6, 6.07) is 21.3. The van der Waals surface area contributed by atoms with E-state index in [4.69, 9.17) is 21.7 Å². The summed E-state index contributed by atoms with van der Waals surface area (Å²) in [6.07, 6.45) is 2.32. The van der Waals surface area contributed by atoms with Gasteiger partial charge in [0.1, 0.15) is 5.57 Å². The third kappa shape index (κ3) is 6.02. The number of nitrogens with zero attached hydrogens (tertiary/aromatic N) is 1. The third-order valence-electron chi connectivity index (χ3n) is 5.62. The predicted octanol–water partition coefficient (Wildman–Crippen LogP) is 4.11. The van der Waals surface area contributed by atoms with Gasteiger partial charge in [0.25, 0.3) is 17.7 Å². The maximum absolute atomic E-state index is 13.3. The van der Waals surface area contributed by atoms with Crippen molar-refractivity contribution in [3.05, 3.63) is 89.5 Å². The van der Waals surface area contributed by atoms with Crippen LogP contribution in [0.2, 0.25) is 0 Å². The van der Waals surface area contributed by atoms with Crippen molar-refractivity contribution in [3.8, 4) is 11.5 Å². The van der Waals surface area contributed by atoms with Crippen LogP contribution >= 0.6 is 12.2 Å². The Morgan fingerprint density at radius 3 is 2.43 bits per heavy atom. The molecule has 1 heterocycles. The number of amides is 3. The highest BCUT2D eigenvalue weighted by Gasteiger charge is 2.34. The molecule has 37 heavy (non-hydrogen) atoms. The molecule has 0 atom stereocenters. The minimum atomic E-state index is -0.590. The Balaban J connectivity index is 1.51. The number of carbonyl (C=O) groups excluding carboxylic acids is 3. The molecule has 8 nitrogen and oxygen atoms in total. The number of methoxy groups -OCH3 is 1. The van der Waals surface area contributed by atoms with Gasteiger partial charge in [-0.1, -0.05) is 43.3 Å². The summed E-state index contributed by atoms with van der Waals surface area (Å²) in [5.41, 5.74) is 2.80. The fourth-order valence-electron chi connectivity index (χ4n) is 3.69. The Hall–Kier alpha value is -4.50. The molecule has 0 unspecified atom stereocenters. The number of anilines is 2. The van der Waals surface area contributed by atoms with Gasteiger partial charge in [-0.25, -0.2) is 0 Å². The maximum Gasteiger partial charge on any atom is 0.270 e. The molecule has 1 fully saturated rings. The van der Waals surface area contributed by atoms with E-state index in [0.29, 0.717) is 28.4 Å². The summed E-state index contributed by atoms with van der Waals surface area (Å²) in [7, 11) is 1.46. The first-order chi connectivity index (χ1) is 17.9. The molecule has 3 aromatic carbocycles. The number of benzene rings is 3. The number of hydrogen-bond donors (Lipinski definition) is 2. The average molecular weight is 516 g/mol. The summed E-state index contributed by atoms with van der Waals surface area (Å²) in [5.74, 6) is -0.769. The van der Waals surface area contributed by atoms with Gasteiger partial charge >= 0.3 is 0 Å². The molecule has 188 valence electrons. The zero-order valence-corrected chi connectivity index (χ0v) is 21.1. The number of carbonyl (C=O) groups is 3. The van der Waals surface area contributed by atoms with Gasteiger partial charge in [0.05, 0.1) is 12.8 Å². The molecule has 1 saturated heterocycles. The fourth-order valence-corrected chi connectivity index (χ4v) is 3.98. The van der Waals surface area contributed by atoms with E-state index in [9.17, 15) is 14.4 Å². The summed E-state index contributed by atoms with van der Waals surface area (Å²) in [6.45, 7) is 1.81. The second kappa shape index (κ2) is 11.5. The lowest BCUT2D eigenvalue weighted by Crippen LogP contribution is -2.54. The molecule has 0 aliphatic carbocycles. The number of nitrogens with one attached hydrogen (secondary N) is 2. The fraction of sp³-hybridized carbons (Fsp3) is 0.143. The molecule has 0 spiro atoms. The highest BCUT2D eigenvalue weighted by molar-refractivity contribution is 7.80. The summed E-state index contributed by atoms with van der Waals surface area (Å²) < 4.78 is 11.0. The van der Waals surface area contributed by atoms with E-state index in [2.05, 4.69) is 10.6 Å². The van der Waals surface area contributed by atoms with E-state index in [1.54, 1.807) is 42.5 Å². The molecule has 0 saturated carbocycles. The van der Waals surface area contributed by atoms with E-state index in [0.717, 1.165) is 12.0 Å². The smallest absolute Gasteiger partial charge is 0.270 e. The van der Waals surface area contributed by atoms with Crippen LogP contribution in [0.5, 0.6) is 11.5 Å². The van der Waals surface area contributed by atoms with Crippen molar-refractivity contribution in [3.63, 3.8) is 0 Å². The van der Waals surface area contributed by atoms with Crippen molar-refractivity contribution >= 4 is 52.5 Å². The molecule has 3 aromatic rings. The lowest BCUT2D eigenvalue weighted by molar-refractivity contribution is -0.122. The van der Waals surface area contributed by atoms with Gasteiger partial charge in [0, 0.05) is 5.69 Å². The number of thiocarbonyl (C=S) groups is 1. The molecule has 2 N–H and O–H groups in total. The van der Waals surface area contributed by atoms with Crippen LogP contribution < -0.4 is 25.0 Å². The van der Waals surface area contributed by atoms with Gasteiger partial charge in [-0.3, -0.25) is 24.6 Å². The molecule has 0 radical (unpaired) electrons. The molecule has 9 heteroatoms. The number of rotatable bonds is 8. The Bertz CT molecular complexity index is 1370. The van der Waals surface area contributed by atoms with Gasteiger partial charge in [-0.05, 0) is 72.2 Å². The maximum atomic E-state index is 13.3. The van der Waals surface area contributed by atoms with Gasteiger partial charge < -0.3 is 14.8 Å². The summed E-state index contributed by atoms with van der Waals surface area (Å²) in [5, 5.41) is 5.34. The first-order valence-electron chi connectivity index (χ1n) is 11.6. The van der Waals surface area contributed by atoms with E-state index >= 15 is 0 Å². The molecule has 3 amide bonds. The van der Waals surface area contributed by atoms with Gasteiger partial charge in [-0.15, -0.1) is 0 Å². The van der Waals surface area contributed by atoms with E-state index in [1.807, 2.05) is 37.3 Å². The highest BCUT2D eigenvalue weighted by Crippen LogP contribution is 2.30. The van der Waals surface area contributed by atoms with Crippen molar-refractivity contribution in [2.24, 2.45) is 0 Å². The number of para-hydroxylation sites is 1. The van der Waals surface area contributed by atoms with Gasteiger partial charge in [0.2, 0.25) is 0 Å². The van der Waals surface area contributed by atoms with E-state index in [1.165, 1.54) is 18.1 Å². The van der Waals surface area contributed by atoms with Gasteiger partial charge in [-0.2, -0.15) is 0 Å². The standard InChI is InChI=1S/C28H25N3O5S/c1-3-18-9-12-21(13-10-18)31-27(34)22(26(33)30-28(31)37)15-19-11-14-23(24(16-19)35-2)36-17-25(32)29-20-7-5-4-6-8-20/h4-16H,3,17H2,1-2H3,(H,29,32)(H,30,33,37)/b22-15+. The SMILES string of the molecule is CCc1ccc(N2C(=O)/C(=C/c3ccc(OCC(=O)Nc4ccccc4)c(OC)c3)C(=O)NC2=S)cc1. The minimum Gasteiger partial charge on any atom is -0.493 e. The number of ether oxygens (including phenoxy) is 2. The molecule has 1 aliphatic heterocycles. The Labute approximate surface area is 219 Å². The van der Waals surface area contributed by atoms with Crippen LogP contribution in [0.3, 0.4) is 0 Å². The third-order valence-corrected chi connectivity index (χ3v) is 5.90. The number of aryl methyl sites for hydroxylation is 1. The van der Waals surface area contributed by atoms with Crippen LogP contribution in [0, 0.1) is 0 Å². The average Bonchev–Trinajstić information content (AvgIpc) is 2.91. The van der Waals surface area contributed by atoms with Crippen LogP contribution in [0.15, 0.2) is 78.4 Å². The zero-order valence-electron chi connectivity index (χ0n) is 20.3. The lowest BCUT2D eigenvalue weighted by atomic mass is 10.1. The first kappa shape index (κ1) is 25.6. The van der Waals surface area contributed by atoms with Crippen LogP contribution in [0.25, 0.3) is 6.08 Å². The zero-order chi connectivity index (χ0) is 26.4.